The SMILES string of the molecule is C[C@@H]1CN([C@H](C)CO)C(=O)c2cc(C3=CCCC3)cnc2O[C@@H]1CN(C)C(=O)C1CC1. The van der Waals surface area contributed by atoms with E-state index < -0.39 is 0 Å². The number of aliphatic hydroxyl groups excluding tert-OH is 1. The Hall–Kier alpha value is -2.41. The molecule has 0 bridgehead atoms. The number of aliphatic hydroxyl groups is 1. The molecule has 2 heterocycles. The van der Waals surface area contributed by atoms with Crippen LogP contribution in [0, 0.1) is 11.8 Å². The third kappa shape index (κ3) is 4.61. The Morgan fingerprint density at radius 1 is 1.42 bits per heavy atom. The number of rotatable bonds is 6. The maximum atomic E-state index is 13.4. The number of fused-ring (bicyclic) bond motifs is 1. The second-order valence-electron chi connectivity index (χ2n) is 9.31. The number of carbonyl (C=O) groups excluding carboxylic acids is 2. The molecule has 2 aliphatic carbocycles. The van der Waals surface area contributed by atoms with Gasteiger partial charge in [0.25, 0.3) is 5.91 Å². The van der Waals surface area contributed by atoms with Crippen LogP contribution in [0.4, 0.5) is 0 Å². The fraction of sp³-hybridized carbons (Fsp3) is 0.625. The van der Waals surface area contributed by atoms with Gasteiger partial charge in [0.15, 0.2) is 0 Å². The van der Waals surface area contributed by atoms with Crippen molar-refractivity contribution in [2.24, 2.45) is 11.8 Å². The van der Waals surface area contributed by atoms with Crippen molar-refractivity contribution in [3.05, 3.63) is 29.5 Å². The highest BCUT2D eigenvalue weighted by Crippen LogP contribution is 2.33. The molecule has 7 heteroatoms. The lowest BCUT2D eigenvalue weighted by molar-refractivity contribution is -0.132. The number of likely N-dealkylation sites (N-methyl/N-ethyl adjacent to an activating group) is 1. The van der Waals surface area contributed by atoms with Gasteiger partial charge in [0, 0.05) is 31.6 Å². The van der Waals surface area contributed by atoms with Crippen molar-refractivity contribution in [3.63, 3.8) is 0 Å². The zero-order chi connectivity index (χ0) is 22.1. The minimum Gasteiger partial charge on any atom is -0.472 e. The summed E-state index contributed by atoms with van der Waals surface area (Å²) in [6.45, 7) is 4.65. The van der Waals surface area contributed by atoms with Gasteiger partial charge in [0.2, 0.25) is 11.8 Å². The summed E-state index contributed by atoms with van der Waals surface area (Å²) in [4.78, 5) is 34.0. The van der Waals surface area contributed by atoms with Crippen LogP contribution in [-0.4, -0.2) is 70.6 Å². The topological polar surface area (TPSA) is 83.0 Å². The fourth-order valence-corrected chi connectivity index (χ4v) is 4.43. The Labute approximate surface area is 184 Å². The number of pyridine rings is 1. The fourth-order valence-electron chi connectivity index (χ4n) is 4.43. The van der Waals surface area contributed by atoms with Crippen molar-refractivity contribution in [2.75, 3.05) is 26.7 Å². The van der Waals surface area contributed by atoms with E-state index in [-0.39, 0.29) is 42.4 Å². The second kappa shape index (κ2) is 8.99. The van der Waals surface area contributed by atoms with Gasteiger partial charge in [-0.15, -0.1) is 0 Å². The first-order chi connectivity index (χ1) is 14.9. The molecule has 2 amide bonds. The first kappa shape index (κ1) is 21.8. The zero-order valence-corrected chi connectivity index (χ0v) is 18.7. The van der Waals surface area contributed by atoms with E-state index in [1.807, 2.05) is 27.0 Å². The lowest BCUT2D eigenvalue weighted by atomic mass is 9.99. The van der Waals surface area contributed by atoms with E-state index in [0.717, 1.165) is 37.7 Å². The predicted molar refractivity (Wildman–Crippen MR) is 118 cm³/mol. The van der Waals surface area contributed by atoms with E-state index in [4.69, 9.17) is 4.74 Å². The molecule has 4 rings (SSSR count). The van der Waals surface area contributed by atoms with Crippen LogP contribution >= 0.6 is 0 Å². The highest BCUT2D eigenvalue weighted by Gasteiger charge is 2.37. The van der Waals surface area contributed by atoms with Gasteiger partial charge < -0.3 is 19.6 Å². The summed E-state index contributed by atoms with van der Waals surface area (Å²) in [5.41, 5.74) is 2.60. The molecule has 0 aromatic carbocycles. The Balaban J connectivity index is 1.66. The molecule has 3 atom stereocenters. The first-order valence-electron chi connectivity index (χ1n) is 11.4. The number of carbonyl (C=O) groups is 2. The second-order valence-corrected chi connectivity index (χ2v) is 9.31. The summed E-state index contributed by atoms with van der Waals surface area (Å²) in [6, 6.07) is 1.56. The quantitative estimate of drug-likeness (QED) is 0.755. The molecule has 31 heavy (non-hydrogen) atoms. The van der Waals surface area contributed by atoms with E-state index in [9.17, 15) is 14.7 Å². The number of hydrogen-bond donors (Lipinski definition) is 1. The Bertz CT molecular complexity index is 880. The Morgan fingerprint density at radius 2 is 2.19 bits per heavy atom. The minimum atomic E-state index is -0.318. The highest BCUT2D eigenvalue weighted by molar-refractivity contribution is 5.97. The Morgan fingerprint density at radius 3 is 2.84 bits per heavy atom. The third-order valence-corrected chi connectivity index (χ3v) is 6.69. The van der Waals surface area contributed by atoms with Crippen LogP contribution in [-0.2, 0) is 4.79 Å². The standard InChI is InChI=1S/C24H33N3O4/c1-15-12-27(16(2)14-28)24(30)20-10-19(17-6-4-5-7-17)11-25-22(20)31-21(15)13-26(3)23(29)18-8-9-18/h6,10-11,15-16,18,21,28H,4-5,7-9,12-14H2,1-3H3/t15-,16-,21-/m1/s1. The van der Waals surface area contributed by atoms with Gasteiger partial charge in [-0.3, -0.25) is 9.59 Å². The van der Waals surface area contributed by atoms with Crippen molar-refractivity contribution in [2.45, 2.75) is 58.1 Å². The molecule has 0 radical (unpaired) electrons. The maximum Gasteiger partial charge on any atom is 0.259 e. The number of amides is 2. The molecular weight excluding hydrogens is 394 g/mol. The van der Waals surface area contributed by atoms with Crippen LogP contribution in [0.1, 0.15) is 61.9 Å². The summed E-state index contributed by atoms with van der Waals surface area (Å²) >= 11 is 0. The molecule has 1 fully saturated rings. The number of hydrogen-bond acceptors (Lipinski definition) is 5. The molecule has 3 aliphatic rings. The van der Waals surface area contributed by atoms with E-state index >= 15 is 0 Å². The number of ether oxygens (including phenoxy) is 1. The highest BCUT2D eigenvalue weighted by atomic mass is 16.5. The largest absolute Gasteiger partial charge is 0.472 e. The van der Waals surface area contributed by atoms with Crippen LogP contribution in [0.5, 0.6) is 5.88 Å². The zero-order valence-electron chi connectivity index (χ0n) is 18.7. The average molecular weight is 428 g/mol. The van der Waals surface area contributed by atoms with Crippen molar-refractivity contribution in [3.8, 4) is 5.88 Å². The normalized spacial score (nSPS) is 24.6. The van der Waals surface area contributed by atoms with Crippen LogP contribution in [0.25, 0.3) is 5.57 Å². The molecule has 0 unspecified atom stereocenters. The van der Waals surface area contributed by atoms with Crippen molar-refractivity contribution in [1.82, 2.24) is 14.8 Å². The number of allylic oxidation sites excluding steroid dienone is 2. The lowest BCUT2D eigenvalue weighted by Crippen LogP contribution is -2.50. The van der Waals surface area contributed by atoms with Gasteiger partial charge in [-0.05, 0) is 56.2 Å². The Kier molecular flexibility index (Phi) is 6.32. The smallest absolute Gasteiger partial charge is 0.259 e. The summed E-state index contributed by atoms with van der Waals surface area (Å²) in [7, 11) is 1.82. The molecular formula is C24H33N3O4. The average Bonchev–Trinajstić information content (AvgIpc) is 3.48. The molecule has 1 aromatic heterocycles. The van der Waals surface area contributed by atoms with Crippen LogP contribution in [0.3, 0.4) is 0 Å². The van der Waals surface area contributed by atoms with Gasteiger partial charge in [-0.1, -0.05) is 13.0 Å². The molecule has 1 aliphatic heterocycles. The maximum absolute atomic E-state index is 13.4. The van der Waals surface area contributed by atoms with Crippen molar-refractivity contribution >= 4 is 17.4 Å². The molecule has 168 valence electrons. The van der Waals surface area contributed by atoms with Gasteiger partial charge >= 0.3 is 0 Å². The van der Waals surface area contributed by atoms with Crippen molar-refractivity contribution < 1.29 is 19.4 Å². The van der Waals surface area contributed by atoms with E-state index in [1.165, 1.54) is 5.57 Å². The predicted octanol–water partition coefficient (Wildman–Crippen LogP) is 2.74. The first-order valence-corrected chi connectivity index (χ1v) is 11.4. The van der Waals surface area contributed by atoms with Crippen LogP contribution in [0.15, 0.2) is 18.3 Å². The van der Waals surface area contributed by atoms with E-state index in [2.05, 4.69) is 11.1 Å². The summed E-state index contributed by atoms with van der Waals surface area (Å²) in [6.07, 6.45) is 8.77. The molecule has 1 aromatic rings. The van der Waals surface area contributed by atoms with Gasteiger partial charge in [0.1, 0.15) is 11.7 Å². The number of aromatic nitrogens is 1. The molecule has 7 nitrogen and oxygen atoms in total. The van der Waals surface area contributed by atoms with Gasteiger partial charge in [-0.25, -0.2) is 4.98 Å². The monoisotopic (exact) mass is 427 g/mol. The summed E-state index contributed by atoms with van der Waals surface area (Å²) < 4.78 is 6.29. The molecule has 0 spiro atoms. The molecule has 0 saturated heterocycles. The minimum absolute atomic E-state index is 0.0282. The third-order valence-electron chi connectivity index (χ3n) is 6.69. The summed E-state index contributed by atoms with van der Waals surface area (Å²) in [5.74, 6) is 0.420. The summed E-state index contributed by atoms with van der Waals surface area (Å²) in [5, 5.41) is 9.78. The van der Waals surface area contributed by atoms with Crippen LogP contribution in [0.2, 0.25) is 0 Å². The number of nitrogens with zero attached hydrogens (tertiary/aromatic N) is 3. The van der Waals surface area contributed by atoms with Crippen LogP contribution < -0.4 is 4.74 Å². The van der Waals surface area contributed by atoms with E-state index in [0.29, 0.717) is 24.5 Å². The van der Waals surface area contributed by atoms with Gasteiger partial charge in [0.05, 0.1) is 19.2 Å². The van der Waals surface area contributed by atoms with E-state index in [1.54, 1.807) is 16.0 Å². The lowest BCUT2D eigenvalue weighted by Gasteiger charge is -2.37. The molecule has 1 N–H and O–H groups in total. The van der Waals surface area contributed by atoms with Crippen molar-refractivity contribution in [1.29, 1.82) is 0 Å². The van der Waals surface area contributed by atoms with Gasteiger partial charge in [-0.2, -0.15) is 0 Å². The molecule has 1 saturated carbocycles.